The van der Waals surface area contributed by atoms with Gasteiger partial charge in [0.2, 0.25) is 0 Å². The number of carbonyl (C=O) groups excluding carboxylic acids is 2. The smallest absolute Gasteiger partial charge is 0.163 e. The topological polar surface area (TPSA) is 121 Å². The summed E-state index contributed by atoms with van der Waals surface area (Å²) in [6.45, 7) is 8.60. The van der Waals surface area contributed by atoms with E-state index in [-0.39, 0.29) is 31.5 Å². The maximum Gasteiger partial charge on any atom is 0.163 e. The summed E-state index contributed by atoms with van der Waals surface area (Å²) in [6.07, 6.45) is 4.01. The highest BCUT2D eigenvalue weighted by Crippen LogP contribution is 2.40. The van der Waals surface area contributed by atoms with Gasteiger partial charge >= 0.3 is 0 Å². The normalized spacial score (nSPS) is 14.5. The first-order chi connectivity index (χ1) is 25.3. The average molecular weight is 771 g/mol. The predicted molar refractivity (Wildman–Crippen MR) is 215 cm³/mol. The lowest BCUT2D eigenvalue weighted by Gasteiger charge is -2.13. The fourth-order valence-electron chi connectivity index (χ4n) is 6.78. The van der Waals surface area contributed by atoms with Crippen LogP contribution < -0.4 is 5.32 Å². The number of hydrogen-bond acceptors (Lipinski definition) is 10. The molecule has 2 aromatic carbocycles. The van der Waals surface area contributed by atoms with Gasteiger partial charge in [0, 0.05) is 71.6 Å². The quantitative estimate of drug-likeness (QED) is 0.109. The number of halogens is 1. The second-order valence-corrected chi connectivity index (χ2v) is 14.8. The molecule has 1 atom stereocenters. The van der Waals surface area contributed by atoms with Crippen LogP contribution in [0.3, 0.4) is 0 Å². The Morgan fingerprint density at radius 3 is 2.53 bits per heavy atom. The Balaban J connectivity index is 0.00000481. The minimum atomic E-state index is -0.470. The molecule has 13 heteroatoms. The molecule has 1 aliphatic heterocycles. The monoisotopic (exact) mass is 770 g/mol. The van der Waals surface area contributed by atoms with Crippen molar-refractivity contribution in [3.63, 3.8) is 0 Å². The van der Waals surface area contributed by atoms with Gasteiger partial charge in [0.15, 0.2) is 5.82 Å². The summed E-state index contributed by atoms with van der Waals surface area (Å²) in [4.78, 5) is 36.1. The standard InChI is InChI=1S/C40H41ClN6O4S.H2S/c1-24-25(2)52-40-36(24)37(27-10-12-31(41)13-11-27)44-35(39-46-45-26(3)47(39)40)23-32(48)6-5-16-50-18-19-51-17-15-43-38-34(7-4-14-42-38)29-9-8-28-21-33(49)22-30(28)20-29;/h4,7-14,20,35H,5-6,15-19,21-23H2,1-3H3,(H,42,43);1H2/t35-;/m0./s1. The minimum absolute atomic E-state index is 0. The summed E-state index contributed by atoms with van der Waals surface area (Å²) in [7, 11) is 0. The molecule has 0 fully saturated rings. The van der Waals surface area contributed by atoms with Gasteiger partial charge in [0.1, 0.15) is 34.3 Å². The van der Waals surface area contributed by atoms with Crippen molar-refractivity contribution in [1.29, 1.82) is 0 Å². The third-order valence-corrected chi connectivity index (χ3v) is 11.0. The van der Waals surface area contributed by atoms with Crippen molar-refractivity contribution >= 4 is 59.5 Å². The van der Waals surface area contributed by atoms with Crippen molar-refractivity contribution in [2.24, 2.45) is 4.99 Å². The number of aliphatic imine (C=N–C) groups is 1. The Morgan fingerprint density at radius 1 is 0.962 bits per heavy atom. The van der Waals surface area contributed by atoms with Crippen LogP contribution in [0.2, 0.25) is 5.02 Å². The van der Waals surface area contributed by atoms with Crippen LogP contribution in [0.1, 0.15) is 69.6 Å². The average Bonchev–Trinajstić information content (AvgIpc) is 3.77. The van der Waals surface area contributed by atoms with Gasteiger partial charge < -0.3 is 14.8 Å². The highest BCUT2D eigenvalue weighted by Gasteiger charge is 2.32. The Bertz CT molecular complexity index is 2150. The Morgan fingerprint density at radius 2 is 1.72 bits per heavy atom. The van der Waals surface area contributed by atoms with Crippen molar-refractivity contribution < 1.29 is 19.1 Å². The molecule has 0 bridgehead atoms. The van der Waals surface area contributed by atoms with Gasteiger partial charge in [-0.15, -0.1) is 21.5 Å². The summed E-state index contributed by atoms with van der Waals surface area (Å²) >= 11 is 7.92. The number of carbonyl (C=O) groups is 2. The first kappa shape index (κ1) is 38.5. The van der Waals surface area contributed by atoms with Gasteiger partial charge in [-0.1, -0.05) is 41.9 Å². The molecule has 2 aliphatic rings. The number of fused-ring (bicyclic) bond motifs is 4. The number of hydrogen-bond donors (Lipinski definition) is 1. The summed E-state index contributed by atoms with van der Waals surface area (Å²) in [5.41, 5.74) is 8.25. The fourth-order valence-corrected chi connectivity index (χ4v) is 8.12. The molecule has 7 rings (SSSR count). The molecule has 10 nitrogen and oxygen atoms in total. The third-order valence-electron chi connectivity index (χ3n) is 9.53. The molecule has 0 unspecified atom stereocenters. The highest BCUT2D eigenvalue weighted by molar-refractivity contribution is 7.59. The van der Waals surface area contributed by atoms with E-state index in [0.717, 1.165) is 61.3 Å². The molecule has 3 aromatic heterocycles. The van der Waals surface area contributed by atoms with E-state index in [1.54, 1.807) is 17.5 Å². The molecule has 0 amide bonds. The molecule has 53 heavy (non-hydrogen) atoms. The third kappa shape index (κ3) is 8.63. The van der Waals surface area contributed by atoms with Crippen LogP contribution in [0.25, 0.3) is 16.1 Å². The molecule has 0 spiro atoms. The molecule has 0 saturated carbocycles. The fraction of sp³-hybridized carbons (Fsp3) is 0.350. The molecule has 1 N–H and O–H groups in total. The van der Waals surface area contributed by atoms with Crippen molar-refractivity contribution in [2.45, 2.75) is 58.9 Å². The second kappa shape index (κ2) is 17.3. The number of nitrogens with zero attached hydrogens (tertiary/aromatic N) is 5. The number of thiophene rings is 1. The number of anilines is 1. The van der Waals surface area contributed by atoms with E-state index in [9.17, 15) is 9.59 Å². The number of aryl methyl sites for hydroxylation is 2. The number of benzene rings is 2. The predicted octanol–water partition coefficient (Wildman–Crippen LogP) is 7.53. The van der Waals surface area contributed by atoms with Gasteiger partial charge in [0.05, 0.1) is 25.5 Å². The van der Waals surface area contributed by atoms with E-state index in [1.807, 2.05) is 49.4 Å². The lowest BCUT2D eigenvalue weighted by Crippen LogP contribution is -2.14. The lowest BCUT2D eigenvalue weighted by molar-refractivity contribution is -0.120. The van der Waals surface area contributed by atoms with Gasteiger partial charge in [-0.3, -0.25) is 19.1 Å². The molecular formula is C40H43ClN6O4S2. The Labute approximate surface area is 325 Å². The zero-order valence-corrected chi connectivity index (χ0v) is 32.6. The number of ketones is 2. The first-order valence-corrected chi connectivity index (χ1v) is 18.8. The number of pyridine rings is 1. The van der Waals surface area contributed by atoms with E-state index in [0.29, 0.717) is 69.5 Å². The Kier molecular flexibility index (Phi) is 12.6. The number of ether oxygens (including phenoxy) is 2. The largest absolute Gasteiger partial charge is 0.379 e. The summed E-state index contributed by atoms with van der Waals surface area (Å²) < 4.78 is 13.6. The SMILES string of the molecule is Cc1sc2c(c1C)C(c1ccc(Cl)cc1)=N[C@@H](CC(=O)CCCOCCOCCNc1ncccc1-c1ccc3c(c1)CC(=O)C3)c1nnc(C)n1-2.S. The van der Waals surface area contributed by atoms with Crippen LogP contribution in [0.4, 0.5) is 5.82 Å². The van der Waals surface area contributed by atoms with Crippen LogP contribution in [-0.2, 0) is 31.9 Å². The zero-order chi connectivity index (χ0) is 36.2. The molecule has 5 aromatic rings. The van der Waals surface area contributed by atoms with Crippen LogP contribution in [0.15, 0.2) is 65.8 Å². The van der Waals surface area contributed by atoms with Crippen molar-refractivity contribution in [1.82, 2.24) is 19.7 Å². The molecular weight excluding hydrogens is 728 g/mol. The van der Waals surface area contributed by atoms with Crippen LogP contribution in [-0.4, -0.2) is 70.0 Å². The first-order valence-electron chi connectivity index (χ1n) is 17.6. The highest BCUT2D eigenvalue weighted by atomic mass is 35.5. The molecule has 276 valence electrons. The van der Waals surface area contributed by atoms with Crippen molar-refractivity contribution in [3.8, 4) is 16.1 Å². The molecule has 4 heterocycles. The number of nitrogens with one attached hydrogen (secondary N) is 1. The maximum absolute atomic E-state index is 13.3. The van der Waals surface area contributed by atoms with Crippen LogP contribution in [0.5, 0.6) is 0 Å². The van der Waals surface area contributed by atoms with Crippen LogP contribution in [0, 0.1) is 20.8 Å². The van der Waals surface area contributed by atoms with Crippen molar-refractivity contribution in [3.05, 3.63) is 110 Å². The number of aromatic nitrogens is 4. The second-order valence-electron chi connectivity index (χ2n) is 13.2. The van der Waals surface area contributed by atoms with Crippen molar-refractivity contribution in [2.75, 3.05) is 38.3 Å². The summed E-state index contributed by atoms with van der Waals surface area (Å²) in [5.74, 6) is 2.60. The van der Waals surface area contributed by atoms with E-state index < -0.39 is 6.04 Å². The van der Waals surface area contributed by atoms with E-state index in [2.05, 4.69) is 51.0 Å². The van der Waals surface area contributed by atoms with Gasteiger partial charge in [-0.05, 0) is 73.7 Å². The minimum Gasteiger partial charge on any atom is -0.379 e. The molecule has 0 saturated heterocycles. The zero-order valence-electron chi connectivity index (χ0n) is 30.1. The maximum atomic E-state index is 13.3. The van der Waals surface area contributed by atoms with E-state index in [1.165, 1.54) is 4.88 Å². The number of rotatable bonds is 15. The van der Waals surface area contributed by atoms with Crippen LogP contribution >= 0.6 is 36.4 Å². The van der Waals surface area contributed by atoms with Gasteiger partial charge in [-0.2, -0.15) is 13.5 Å². The summed E-state index contributed by atoms with van der Waals surface area (Å²) in [6, 6.07) is 17.4. The number of Topliss-reactive ketones (excluding diaryl/α,β-unsaturated/α-hetero) is 2. The Hall–Kier alpha value is -4.20. The van der Waals surface area contributed by atoms with E-state index in [4.69, 9.17) is 26.1 Å². The molecule has 1 aliphatic carbocycles. The molecule has 0 radical (unpaired) electrons. The van der Waals surface area contributed by atoms with E-state index >= 15 is 0 Å². The van der Waals surface area contributed by atoms with Gasteiger partial charge in [0.25, 0.3) is 0 Å². The lowest BCUT2D eigenvalue weighted by atomic mass is 9.99. The van der Waals surface area contributed by atoms with Gasteiger partial charge in [-0.25, -0.2) is 4.98 Å². The summed E-state index contributed by atoms with van der Waals surface area (Å²) in [5, 5.41) is 14.0.